The molecule has 0 saturated heterocycles. The lowest BCUT2D eigenvalue weighted by Gasteiger charge is -2.06. The number of anilines is 1. The summed E-state index contributed by atoms with van der Waals surface area (Å²) in [6.45, 7) is 2.13. The van der Waals surface area contributed by atoms with Gasteiger partial charge >= 0.3 is 5.97 Å². The molecule has 0 aliphatic carbocycles. The van der Waals surface area contributed by atoms with Crippen molar-refractivity contribution in [2.45, 2.75) is 6.92 Å². The maximum Gasteiger partial charge on any atom is 0.358 e. The molecule has 0 saturated carbocycles. The molecule has 0 radical (unpaired) electrons. The van der Waals surface area contributed by atoms with Crippen LogP contribution in [-0.2, 0) is 4.74 Å². The number of nitrogens with one attached hydrogen (secondary N) is 1. The summed E-state index contributed by atoms with van der Waals surface area (Å²) >= 11 is 0. The molecule has 13 heavy (non-hydrogen) atoms. The zero-order valence-corrected chi connectivity index (χ0v) is 8.00. The van der Waals surface area contributed by atoms with Crippen molar-refractivity contribution in [1.29, 1.82) is 0 Å². The smallest absolute Gasteiger partial charge is 0.358 e. The zero-order chi connectivity index (χ0) is 9.84. The highest BCUT2D eigenvalue weighted by molar-refractivity contribution is 5.88. The predicted molar refractivity (Wildman–Crippen MR) is 48.9 cm³/mol. The molecule has 1 rings (SSSR count). The normalized spacial score (nSPS) is 9.77. The third kappa shape index (κ3) is 2.21. The summed E-state index contributed by atoms with van der Waals surface area (Å²) in [4.78, 5) is 13.0. The van der Waals surface area contributed by atoms with Crippen LogP contribution in [0, 0.1) is 0 Å². The summed E-state index contributed by atoms with van der Waals surface area (Å²) in [7, 11) is 3.73. The molecule has 72 valence electrons. The van der Waals surface area contributed by atoms with Gasteiger partial charge < -0.3 is 9.64 Å². The van der Waals surface area contributed by atoms with Gasteiger partial charge in [0, 0.05) is 20.2 Å². The van der Waals surface area contributed by atoms with Crippen LogP contribution in [0.1, 0.15) is 17.4 Å². The number of H-pyrrole nitrogens is 1. The molecule has 0 amide bonds. The number of rotatable bonds is 3. The maximum absolute atomic E-state index is 11.2. The molecular weight excluding hydrogens is 170 g/mol. The standard InChI is InChI=1S/C8H13N3O2/c1-4-13-8(12)6-5-7(10-9-6)11(2)3/h5H,4H2,1-3H3,(H,9,10). The van der Waals surface area contributed by atoms with Gasteiger partial charge in [0.25, 0.3) is 0 Å². The van der Waals surface area contributed by atoms with Gasteiger partial charge in [-0.2, -0.15) is 5.10 Å². The molecule has 0 bridgehead atoms. The van der Waals surface area contributed by atoms with Crippen LogP contribution < -0.4 is 4.90 Å². The monoisotopic (exact) mass is 183 g/mol. The number of esters is 1. The maximum atomic E-state index is 11.2. The first-order valence-corrected chi connectivity index (χ1v) is 4.05. The Kier molecular flexibility index (Phi) is 2.89. The van der Waals surface area contributed by atoms with Crippen molar-refractivity contribution in [3.05, 3.63) is 11.8 Å². The second-order valence-electron chi connectivity index (χ2n) is 2.75. The first-order chi connectivity index (χ1) is 6.15. The van der Waals surface area contributed by atoms with E-state index in [1.165, 1.54) is 0 Å². The van der Waals surface area contributed by atoms with Gasteiger partial charge in [-0.1, -0.05) is 0 Å². The molecule has 1 N–H and O–H groups in total. The van der Waals surface area contributed by atoms with Crippen molar-refractivity contribution in [3.8, 4) is 0 Å². The Morgan fingerprint density at radius 1 is 1.69 bits per heavy atom. The van der Waals surface area contributed by atoms with Gasteiger partial charge in [-0.05, 0) is 6.92 Å². The van der Waals surface area contributed by atoms with Crippen LogP contribution in [0.3, 0.4) is 0 Å². The first-order valence-electron chi connectivity index (χ1n) is 4.05. The molecule has 0 aliphatic heterocycles. The minimum absolute atomic E-state index is 0.311. The van der Waals surface area contributed by atoms with E-state index in [0.29, 0.717) is 12.3 Å². The molecule has 0 spiro atoms. The van der Waals surface area contributed by atoms with Crippen molar-refractivity contribution in [2.24, 2.45) is 0 Å². The van der Waals surface area contributed by atoms with Gasteiger partial charge in [0.1, 0.15) is 5.82 Å². The van der Waals surface area contributed by atoms with Crippen LogP contribution in [0.4, 0.5) is 5.82 Å². The summed E-state index contributed by atoms with van der Waals surface area (Å²) < 4.78 is 4.78. The van der Waals surface area contributed by atoms with Gasteiger partial charge in [0.2, 0.25) is 0 Å². The molecule has 1 heterocycles. The van der Waals surface area contributed by atoms with Gasteiger partial charge in [-0.15, -0.1) is 0 Å². The van der Waals surface area contributed by atoms with Crippen LogP contribution in [0.25, 0.3) is 0 Å². The molecule has 0 unspecified atom stereocenters. The largest absolute Gasteiger partial charge is 0.461 e. The highest BCUT2D eigenvalue weighted by atomic mass is 16.5. The van der Waals surface area contributed by atoms with Crippen molar-refractivity contribution < 1.29 is 9.53 Å². The predicted octanol–water partition coefficient (Wildman–Crippen LogP) is 0.652. The molecule has 1 aromatic rings. The van der Waals surface area contributed by atoms with Gasteiger partial charge in [-0.25, -0.2) is 4.79 Å². The number of carbonyl (C=O) groups is 1. The number of ether oxygens (including phenoxy) is 1. The van der Waals surface area contributed by atoms with E-state index in [0.717, 1.165) is 5.82 Å². The zero-order valence-electron chi connectivity index (χ0n) is 8.00. The molecule has 5 nitrogen and oxygen atoms in total. The van der Waals surface area contributed by atoms with Crippen LogP contribution in [0.2, 0.25) is 0 Å². The summed E-state index contributed by atoms with van der Waals surface area (Å²) in [5.74, 6) is 0.384. The van der Waals surface area contributed by atoms with E-state index >= 15 is 0 Å². The average molecular weight is 183 g/mol. The van der Waals surface area contributed by atoms with E-state index in [2.05, 4.69) is 10.2 Å². The number of carbonyl (C=O) groups excluding carboxylic acids is 1. The van der Waals surface area contributed by atoms with Crippen LogP contribution in [0.5, 0.6) is 0 Å². The van der Waals surface area contributed by atoms with Gasteiger partial charge in [0.15, 0.2) is 5.69 Å². The van der Waals surface area contributed by atoms with Gasteiger partial charge in [0.05, 0.1) is 6.61 Å². The number of nitrogens with zero attached hydrogens (tertiary/aromatic N) is 2. The molecular formula is C8H13N3O2. The van der Waals surface area contributed by atoms with Crippen molar-refractivity contribution in [2.75, 3.05) is 25.6 Å². The second kappa shape index (κ2) is 3.93. The van der Waals surface area contributed by atoms with Gasteiger partial charge in [-0.3, -0.25) is 5.10 Å². The van der Waals surface area contributed by atoms with E-state index in [1.807, 2.05) is 19.0 Å². The van der Waals surface area contributed by atoms with Crippen molar-refractivity contribution >= 4 is 11.8 Å². The van der Waals surface area contributed by atoms with Crippen LogP contribution >= 0.6 is 0 Å². The lowest BCUT2D eigenvalue weighted by atomic mass is 10.4. The average Bonchev–Trinajstić information content (AvgIpc) is 2.52. The van der Waals surface area contributed by atoms with Crippen LogP contribution in [-0.4, -0.2) is 36.9 Å². The SMILES string of the molecule is CCOC(=O)c1cc(N(C)C)[nH]n1. The minimum atomic E-state index is -0.396. The number of hydrogen-bond acceptors (Lipinski definition) is 4. The van der Waals surface area contributed by atoms with Crippen molar-refractivity contribution in [3.63, 3.8) is 0 Å². The molecule has 1 aromatic heterocycles. The molecule has 5 heteroatoms. The third-order valence-electron chi connectivity index (χ3n) is 1.53. The van der Waals surface area contributed by atoms with E-state index in [-0.39, 0.29) is 0 Å². The number of hydrogen-bond donors (Lipinski definition) is 1. The summed E-state index contributed by atoms with van der Waals surface area (Å²) in [5.41, 5.74) is 0.311. The quantitative estimate of drug-likeness (QED) is 0.699. The minimum Gasteiger partial charge on any atom is -0.461 e. The van der Waals surface area contributed by atoms with E-state index < -0.39 is 5.97 Å². The molecule has 0 fully saturated rings. The Morgan fingerprint density at radius 2 is 2.38 bits per heavy atom. The summed E-state index contributed by atoms with van der Waals surface area (Å²) in [6.07, 6.45) is 0. The number of aromatic nitrogens is 2. The Morgan fingerprint density at radius 3 is 2.85 bits per heavy atom. The van der Waals surface area contributed by atoms with E-state index in [9.17, 15) is 4.79 Å². The Balaban J connectivity index is 2.73. The third-order valence-corrected chi connectivity index (χ3v) is 1.53. The van der Waals surface area contributed by atoms with Crippen LogP contribution in [0.15, 0.2) is 6.07 Å². The summed E-state index contributed by atoms with van der Waals surface area (Å²) in [6, 6.07) is 1.65. The first kappa shape index (κ1) is 9.57. The Labute approximate surface area is 76.7 Å². The highest BCUT2D eigenvalue weighted by Crippen LogP contribution is 2.08. The molecule has 0 atom stereocenters. The fourth-order valence-corrected chi connectivity index (χ4v) is 0.850. The summed E-state index contributed by atoms with van der Waals surface area (Å²) in [5, 5.41) is 6.53. The highest BCUT2D eigenvalue weighted by Gasteiger charge is 2.11. The fourth-order valence-electron chi connectivity index (χ4n) is 0.850. The Hall–Kier alpha value is -1.52. The fraction of sp³-hybridized carbons (Fsp3) is 0.500. The Bertz CT molecular complexity index is 293. The lowest BCUT2D eigenvalue weighted by molar-refractivity contribution is 0.0519. The number of aromatic amines is 1. The molecule has 0 aromatic carbocycles. The van der Waals surface area contributed by atoms with Crippen molar-refractivity contribution in [1.82, 2.24) is 10.2 Å². The topological polar surface area (TPSA) is 58.2 Å². The van der Waals surface area contributed by atoms with E-state index in [1.54, 1.807) is 13.0 Å². The second-order valence-corrected chi connectivity index (χ2v) is 2.75. The lowest BCUT2D eigenvalue weighted by Crippen LogP contribution is -2.08. The molecule has 0 aliphatic rings. The van der Waals surface area contributed by atoms with E-state index in [4.69, 9.17) is 4.74 Å².